The lowest BCUT2D eigenvalue weighted by Crippen LogP contribution is -2.41. The molecule has 0 radical (unpaired) electrons. The molecule has 3 heterocycles. The molecular weight excluding hydrogens is 398 g/mol. The van der Waals surface area contributed by atoms with E-state index in [1.54, 1.807) is 12.4 Å². The second-order valence-corrected chi connectivity index (χ2v) is 8.86. The van der Waals surface area contributed by atoms with Gasteiger partial charge in [0.05, 0.1) is 12.0 Å². The zero-order valence-electron chi connectivity index (χ0n) is 18.3. The summed E-state index contributed by atoms with van der Waals surface area (Å²) in [5.41, 5.74) is 10.8. The average Bonchev–Trinajstić information content (AvgIpc) is 3.37. The molecule has 4 aromatic rings. The van der Waals surface area contributed by atoms with Gasteiger partial charge < -0.3 is 10.2 Å². The van der Waals surface area contributed by atoms with Gasteiger partial charge in [-0.3, -0.25) is 14.7 Å². The van der Waals surface area contributed by atoms with Crippen LogP contribution in [-0.2, 0) is 17.8 Å². The van der Waals surface area contributed by atoms with Gasteiger partial charge in [-0.2, -0.15) is 0 Å². The Morgan fingerprint density at radius 3 is 2.69 bits per heavy atom. The largest absolute Gasteiger partial charge is 0.459 e. The van der Waals surface area contributed by atoms with Gasteiger partial charge in [-0.25, -0.2) is 0 Å². The van der Waals surface area contributed by atoms with Crippen LogP contribution in [0, 0.1) is 12.3 Å². The lowest BCUT2D eigenvalue weighted by molar-refractivity contribution is -0.127. The smallest absolute Gasteiger partial charge is 0.225 e. The van der Waals surface area contributed by atoms with Crippen LogP contribution in [-0.4, -0.2) is 28.9 Å². The van der Waals surface area contributed by atoms with Crippen molar-refractivity contribution in [3.8, 4) is 11.1 Å². The molecule has 1 amide bonds. The highest BCUT2D eigenvalue weighted by Gasteiger charge is 2.43. The Morgan fingerprint density at radius 2 is 1.91 bits per heavy atom. The number of aryl methyl sites for hydroxylation is 1. The summed E-state index contributed by atoms with van der Waals surface area (Å²) in [6.45, 7) is 4.25. The molecule has 0 bridgehead atoms. The first kappa shape index (κ1) is 20.5. The number of fused-ring (bicyclic) bond motifs is 1. The number of carbonyl (C=O) groups is 1. The number of primary amides is 1. The minimum absolute atomic E-state index is 0.226. The van der Waals surface area contributed by atoms with E-state index in [2.05, 4.69) is 41.1 Å². The Morgan fingerprint density at radius 1 is 1.09 bits per heavy atom. The summed E-state index contributed by atoms with van der Waals surface area (Å²) >= 11 is 0. The maximum atomic E-state index is 12.7. The molecule has 5 heteroatoms. The summed E-state index contributed by atoms with van der Waals surface area (Å²) < 4.78 is 6.11. The van der Waals surface area contributed by atoms with Crippen molar-refractivity contribution in [3.63, 3.8) is 0 Å². The summed E-state index contributed by atoms with van der Waals surface area (Å²) in [6, 6.07) is 20.5. The molecule has 162 valence electrons. The van der Waals surface area contributed by atoms with Gasteiger partial charge in [0.1, 0.15) is 11.3 Å². The molecular formula is C27H27N3O2. The highest BCUT2D eigenvalue weighted by Crippen LogP contribution is 2.36. The van der Waals surface area contributed by atoms with Crippen LogP contribution in [0.5, 0.6) is 0 Å². The molecule has 1 unspecified atom stereocenters. The van der Waals surface area contributed by atoms with Gasteiger partial charge in [0.15, 0.2) is 0 Å². The number of pyridine rings is 1. The van der Waals surface area contributed by atoms with Gasteiger partial charge in [-0.05, 0) is 66.8 Å². The minimum atomic E-state index is -0.573. The maximum absolute atomic E-state index is 12.7. The van der Waals surface area contributed by atoms with Crippen LogP contribution >= 0.6 is 0 Å². The topological polar surface area (TPSA) is 72.4 Å². The molecule has 1 aliphatic rings. The lowest BCUT2D eigenvalue weighted by Gasteiger charge is -2.26. The Kier molecular flexibility index (Phi) is 5.27. The normalized spacial score (nSPS) is 18.9. The number of benzene rings is 2. The van der Waals surface area contributed by atoms with E-state index in [9.17, 15) is 4.79 Å². The predicted octanol–water partition coefficient (Wildman–Crippen LogP) is 4.72. The number of likely N-dealkylation sites (tertiary alicyclic amines) is 1. The third-order valence-electron chi connectivity index (χ3n) is 6.75. The Balaban J connectivity index is 1.36. The molecule has 32 heavy (non-hydrogen) atoms. The van der Waals surface area contributed by atoms with Crippen LogP contribution in [0.3, 0.4) is 0 Å². The number of nitrogens with zero attached hydrogens (tertiary/aromatic N) is 2. The van der Waals surface area contributed by atoms with Crippen molar-refractivity contribution < 1.29 is 9.21 Å². The minimum Gasteiger partial charge on any atom is -0.459 e. The zero-order chi connectivity index (χ0) is 22.1. The van der Waals surface area contributed by atoms with E-state index in [0.29, 0.717) is 19.5 Å². The second kappa shape index (κ2) is 8.24. The van der Waals surface area contributed by atoms with Crippen LogP contribution < -0.4 is 5.73 Å². The van der Waals surface area contributed by atoms with Gasteiger partial charge in [0.2, 0.25) is 5.91 Å². The second-order valence-electron chi connectivity index (χ2n) is 8.86. The molecule has 5 nitrogen and oxygen atoms in total. The first-order valence-corrected chi connectivity index (χ1v) is 11.0. The van der Waals surface area contributed by atoms with Crippen molar-refractivity contribution in [2.24, 2.45) is 11.1 Å². The van der Waals surface area contributed by atoms with E-state index in [4.69, 9.17) is 10.2 Å². The number of furan rings is 1. The number of para-hydroxylation sites is 1. The maximum Gasteiger partial charge on any atom is 0.225 e. The fourth-order valence-electron chi connectivity index (χ4n) is 4.90. The van der Waals surface area contributed by atoms with Crippen LogP contribution in [0.25, 0.3) is 22.1 Å². The lowest BCUT2D eigenvalue weighted by atomic mass is 9.79. The van der Waals surface area contributed by atoms with Crippen LogP contribution in [0.2, 0.25) is 0 Å². The van der Waals surface area contributed by atoms with E-state index in [-0.39, 0.29) is 5.91 Å². The summed E-state index contributed by atoms with van der Waals surface area (Å²) in [7, 11) is 0. The van der Waals surface area contributed by atoms with E-state index in [0.717, 1.165) is 46.4 Å². The van der Waals surface area contributed by atoms with Gasteiger partial charge in [-0.1, -0.05) is 42.5 Å². The number of carbonyl (C=O) groups excluding carboxylic acids is 1. The van der Waals surface area contributed by atoms with Crippen LogP contribution in [0.15, 0.2) is 77.5 Å². The first-order chi connectivity index (χ1) is 15.5. The first-order valence-electron chi connectivity index (χ1n) is 11.0. The van der Waals surface area contributed by atoms with Crippen molar-refractivity contribution in [2.45, 2.75) is 26.3 Å². The summed E-state index contributed by atoms with van der Waals surface area (Å²) in [5.74, 6) is 0.738. The molecule has 0 spiro atoms. The van der Waals surface area contributed by atoms with Gasteiger partial charge in [0, 0.05) is 24.3 Å². The number of hydrogen-bond donors (Lipinski definition) is 1. The highest BCUT2D eigenvalue weighted by atomic mass is 16.3. The fraction of sp³-hybridized carbons (Fsp3) is 0.259. The van der Waals surface area contributed by atoms with E-state index in [1.165, 1.54) is 5.56 Å². The van der Waals surface area contributed by atoms with Crippen molar-refractivity contribution in [1.82, 2.24) is 9.88 Å². The number of amides is 1. The number of hydrogen-bond acceptors (Lipinski definition) is 4. The SMILES string of the molecule is Cc1c(CN2CCC(Cc3cccc(-c4ccncc4)c3)(C(N)=O)C2)oc2ccccc12. The molecule has 2 aromatic heterocycles. The van der Waals surface area contributed by atoms with Crippen molar-refractivity contribution in [1.29, 1.82) is 0 Å². The molecule has 1 fully saturated rings. The summed E-state index contributed by atoms with van der Waals surface area (Å²) in [6.07, 6.45) is 4.97. The molecule has 0 saturated carbocycles. The molecule has 0 aliphatic carbocycles. The van der Waals surface area contributed by atoms with Crippen LogP contribution in [0.1, 0.15) is 23.3 Å². The third kappa shape index (κ3) is 3.80. The van der Waals surface area contributed by atoms with Crippen molar-refractivity contribution in [3.05, 3.63) is 89.9 Å². The average molecular weight is 426 g/mol. The molecule has 1 atom stereocenters. The number of rotatable bonds is 6. The number of aromatic nitrogens is 1. The summed E-state index contributed by atoms with van der Waals surface area (Å²) in [4.78, 5) is 19.0. The zero-order valence-corrected chi connectivity index (χ0v) is 18.3. The quantitative estimate of drug-likeness (QED) is 0.485. The van der Waals surface area contributed by atoms with Gasteiger partial charge in [0.25, 0.3) is 0 Å². The predicted molar refractivity (Wildman–Crippen MR) is 126 cm³/mol. The summed E-state index contributed by atoms with van der Waals surface area (Å²) in [5, 5.41) is 1.15. The van der Waals surface area contributed by atoms with Crippen molar-refractivity contribution in [2.75, 3.05) is 13.1 Å². The van der Waals surface area contributed by atoms with Gasteiger partial charge >= 0.3 is 0 Å². The van der Waals surface area contributed by atoms with E-state index < -0.39 is 5.41 Å². The van der Waals surface area contributed by atoms with Crippen molar-refractivity contribution >= 4 is 16.9 Å². The highest BCUT2D eigenvalue weighted by molar-refractivity contribution is 5.83. The Hall–Kier alpha value is -3.44. The monoisotopic (exact) mass is 425 g/mol. The molecule has 2 N–H and O–H groups in total. The van der Waals surface area contributed by atoms with Gasteiger partial charge in [-0.15, -0.1) is 0 Å². The Bertz CT molecular complexity index is 1260. The van der Waals surface area contributed by atoms with Crippen LogP contribution in [0.4, 0.5) is 0 Å². The molecule has 1 aliphatic heterocycles. The standard InChI is InChI=1S/C27H27N3O2/c1-19-23-7-2-3-8-24(23)32-25(19)17-30-14-11-27(18-30,26(28)31)16-20-5-4-6-22(15-20)21-9-12-29-13-10-21/h2-10,12-13,15H,11,14,16-18H2,1H3,(H2,28,31). The Labute approximate surface area is 187 Å². The number of nitrogens with two attached hydrogens (primary N) is 1. The van der Waals surface area contributed by atoms with E-state index in [1.807, 2.05) is 36.4 Å². The van der Waals surface area contributed by atoms with E-state index >= 15 is 0 Å². The molecule has 1 saturated heterocycles. The molecule has 2 aromatic carbocycles. The fourth-order valence-corrected chi connectivity index (χ4v) is 4.90. The molecule has 5 rings (SSSR count). The third-order valence-corrected chi connectivity index (χ3v) is 6.75.